The third kappa shape index (κ3) is 1.89. The lowest BCUT2D eigenvalue weighted by atomic mass is 10.3. The molecule has 0 bridgehead atoms. The van der Waals surface area contributed by atoms with E-state index in [9.17, 15) is 0 Å². The van der Waals surface area contributed by atoms with Gasteiger partial charge < -0.3 is 5.43 Å². The molecule has 2 rings (SSSR count). The Kier molecular flexibility index (Phi) is 2.42. The summed E-state index contributed by atoms with van der Waals surface area (Å²) in [5, 5.41) is 4.10. The molecule has 0 unspecified atom stereocenters. The van der Waals surface area contributed by atoms with E-state index in [1.807, 2.05) is 29.1 Å². The predicted octanol–water partition coefficient (Wildman–Crippen LogP) is 0.612. The molecule has 0 saturated heterocycles. The largest absolute Gasteiger partial charge is 0.308 e. The summed E-state index contributed by atoms with van der Waals surface area (Å²) < 4.78 is 1.84. The van der Waals surface area contributed by atoms with Gasteiger partial charge in [-0.2, -0.15) is 5.10 Å². The summed E-state index contributed by atoms with van der Waals surface area (Å²) in [6, 6.07) is 5.69. The van der Waals surface area contributed by atoms with Gasteiger partial charge in [-0.15, -0.1) is 0 Å². The van der Waals surface area contributed by atoms with Crippen molar-refractivity contribution in [1.82, 2.24) is 14.8 Å². The molecule has 72 valence electrons. The van der Waals surface area contributed by atoms with Crippen molar-refractivity contribution < 1.29 is 0 Å². The van der Waals surface area contributed by atoms with Crippen LogP contribution in [0.15, 0.2) is 36.8 Å². The van der Waals surface area contributed by atoms with Gasteiger partial charge in [0.15, 0.2) is 0 Å². The fourth-order valence-corrected chi connectivity index (χ4v) is 1.18. The van der Waals surface area contributed by atoms with Crippen LogP contribution in [0.5, 0.6) is 0 Å². The zero-order valence-corrected chi connectivity index (χ0v) is 7.59. The van der Waals surface area contributed by atoms with Crippen LogP contribution in [0.1, 0.15) is 5.56 Å². The van der Waals surface area contributed by atoms with Crippen LogP contribution < -0.4 is 11.3 Å². The number of nitrogen functional groups attached to an aromatic ring is 1. The molecule has 2 heterocycles. The maximum Gasteiger partial charge on any atom is 0.139 e. The number of rotatable bonds is 3. The Morgan fingerprint density at radius 1 is 1.43 bits per heavy atom. The van der Waals surface area contributed by atoms with Gasteiger partial charge in [0.25, 0.3) is 0 Å². The molecule has 0 aliphatic carbocycles. The minimum Gasteiger partial charge on any atom is -0.308 e. The first-order valence-electron chi connectivity index (χ1n) is 4.27. The van der Waals surface area contributed by atoms with Crippen LogP contribution >= 0.6 is 0 Å². The molecule has 0 atom stereocenters. The van der Waals surface area contributed by atoms with Gasteiger partial charge in [0.2, 0.25) is 0 Å². The highest BCUT2D eigenvalue weighted by Crippen LogP contribution is 2.04. The van der Waals surface area contributed by atoms with Crippen LogP contribution in [0.2, 0.25) is 0 Å². The van der Waals surface area contributed by atoms with E-state index >= 15 is 0 Å². The molecular formula is C9H11N5. The van der Waals surface area contributed by atoms with Gasteiger partial charge in [-0.05, 0) is 17.7 Å². The number of aromatic nitrogens is 3. The SMILES string of the molecule is NNc1ccc(Cn2cccn2)cn1. The van der Waals surface area contributed by atoms with Crippen molar-refractivity contribution in [2.45, 2.75) is 6.54 Å². The topological polar surface area (TPSA) is 68.8 Å². The van der Waals surface area contributed by atoms with E-state index in [0.29, 0.717) is 5.82 Å². The summed E-state index contributed by atoms with van der Waals surface area (Å²) in [6.07, 6.45) is 5.44. The molecular weight excluding hydrogens is 178 g/mol. The average molecular weight is 189 g/mol. The van der Waals surface area contributed by atoms with Crippen molar-refractivity contribution in [3.8, 4) is 0 Å². The molecule has 0 aromatic carbocycles. The van der Waals surface area contributed by atoms with Gasteiger partial charge in [0, 0.05) is 18.6 Å². The second-order valence-electron chi connectivity index (χ2n) is 2.90. The lowest BCUT2D eigenvalue weighted by Gasteiger charge is -2.02. The number of hydrazine groups is 1. The fraction of sp³-hybridized carbons (Fsp3) is 0.111. The average Bonchev–Trinajstić information content (AvgIpc) is 2.72. The molecule has 0 radical (unpaired) electrons. The second-order valence-corrected chi connectivity index (χ2v) is 2.90. The van der Waals surface area contributed by atoms with Gasteiger partial charge in [-0.1, -0.05) is 6.07 Å². The maximum atomic E-state index is 5.21. The van der Waals surface area contributed by atoms with E-state index in [1.165, 1.54) is 0 Å². The van der Waals surface area contributed by atoms with E-state index in [0.717, 1.165) is 12.1 Å². The Hall–Kier alpha value is -1.88. The molecule has 0 spiro atoms. The van der Waals surface area contributed by atoms with Crippen molar-refractivity contribution in [1.29, 1.82) is 0 Å². The minimum absolute atomic E-state index is 0.661. The number of nitrogens with two attached hydrogens (primary N) is 1. The lowest BCUT2D eigenvalue weighted by Crippen LogP contribution is -2.08. The Labute approximate surface area is 81.5 Å². The summed E-state index contributed by atoms with van der Waals surface area (Å²) in [7, 11) is 0. The summed E-state index contributed by atoms with van der Waals surface area (Å²) in [5.41, 5.74) is 3.57. The van der Waals surface area contributed by atoms with E-state index in [-0.39, 0.29) is 0 Å². The monoisotopic (exact) mass is 189 g/mol. The number of hydrogen-bond acceptors (Lipinski definition) is 4. The number of nitrogens with zero attached hydrogens (tertiary/aromatic N) is 3. The number of pyridine rings is 1. The standard InChI is InChI=1S/C9H11N5/c10-13-9-3-2-8(6-11-9)7-14-5-1-4-12-14/h1-6H,7,10H2,(H,11,13). The maximum absolute atomic E-state index is 5.21. The normalized spacial score (nSPS) is 10.1. The Morgan fingerprint density at radius 2 is 2.36 bits per heavy atom. The second kappa shape index (κ2) is 3.89. The van der Waals surface area contributed by atoms with Gasteiger partial charge in [0.1, 0.15) is 5.82 Å². The Bertz CT molecular complexity index is 378. The summed E-state index contributed by atoms with van der Waals surface area (Å²) in [4.78, 5) is 4.10. The molecule has 3 N–H and O–H groups in total. The zero-order valence-electron chi connectivity index (χ0n) is 7.59. The highest BCUT2D eigenvalue weighted by Gasteiger charge is 1.95. The Balaban J connectivity index is 2.10. The van der Waals surface area contributed by atoms with Crippen LogP contribution in [0.3, 0.4) is 0 Å². The molecule has 0 aliphatic rings. The van der Waals surface area contributed by atoms with Gasteiger partial charge in [-0.3, -0.25) is 4.68 Å². The molecule has 5 heteroatoms. The molecule has 0 fully saturated rings. The summed E-state index contributed by atoms with van der Waals surface area (Å²) in [5.74, 6) is 5.87. The van der Waals surface area contributed by atoms with Crippen LogP contribution in [0.4, 0.5) is 5.82 Å². The number of hydrogen-bond donors (Lipinski definition) is 2. The fourth-order valence-electron chi connectivity index (χ4n) is 1.18. The van der Waals surface area contributed by atoms with Gasteiger partial charge in [-0.25, -0.2) is 10.8 Å². The minimum atomic E-state index is 0.661. The highest BCUT2D eigenvalue weighted by atomic mass is 15.3. The van der Waals surface area contributed by atoms with Crippen molar-refractivity contribution in [2.75, 3.05) is 5.43 Å². The van der Waals surface area contributed by atoms with Crippen LogP contribution in [-0.4, -0.2) is 14.8 Å². The molecule has 14 heavy (non-hydrogen) atoms. The van der Waals surface area contributed by atoms with Crippen molar-refractivity contribution in [3.05, 3.63) is 42.4 Å². The number of anilines is 1. The third-order valence-corrected chi connectivity index (χ3v) is 1.88. The first kappa shape index (κ1) is 8.71. The smallest absolute Gasteiger partial charge is 0.139 e. The van der Waals surface area contributed by atoms with Crippen molar-refractivity contribution in [2.24, 2.45) is 5.84 Å². The highest BCUT2D eigenvalue weighted by molar-refractivity contribution is 5.33. The van der Waals surface area contributed by atoms with Crippen LogP contribution in [-0.2, 0) is 6.54 Å². The molecule has 2 aromatic heterocycles. The first-order valence-corrected chi connectivity index (χ1v) is 4.27. The first-order chi connectivity index (χ1) is 6.88. The van der Waals surface area contributed by atoms with Gasteiger partial charge >= 0.3 is 0 Å². The van der Waals surface area contributed by atoms with Crippen molar-refractivity contribution >= 4 is 5.82 Å². The van der Waals surface area contributed by atoms with E-state index in [2.05, 4.69) is 15.5 Å². The molecule has 0 amide bonds. The zero-order chi connectivity index (χ0) is 9.80. The lowest BCUT2D eigenvalue weighted by molar-refractivity contribution is 0.685. The van der Waals surface area contributed by atoms with E-state index in [4.69, 9.17) is 5.84 Å². The van der Waals surface area contributed by atoms with Gasteiger partial charge in [0.05, 0.1) is 6.54 Å². The van der Waals surface area contributed by atoms with E-state index < -0.39 is 0 Å². The summed E-state index contributed by atoms with van der Waals surface area (Å²) >= 11 is 0. The molecule has 0 aliphatic heterocycles. The molecule has 2 aromatic rings. The van der Waals surface area contributed by atoms with Crippen LogP contribution in [0.25, 0.3) is 0 Å². The predicted molar refractivity (Wildman–Crippen MR) is 53.4 cm³/mol. The van der Waals surface area contributed by atoms with Crippen molar-refractivity contribution in [3.63, 3.8) is 0 Å². The molecule has 5 nitrogen and oxygen atoms in total. The van der Waals surface area contributed by atoms with E-state index in [1.54, 1.807) is 12.4 Å². The molecule has 0 saturated carbocycles. The quantitative estimate of drug-likeness (QED) is 0.548. The summed E-state index contributed by atoms with van der Waals surface area (Å²) in [6.45, 7) is 0.727. The third-order valence-electron chi connectivity index (χ3n) is 1.88. The van der Waals surface area contributed by atoms with Crippen LogP contribution in [0, 0.1) is 0 Å². The number of nitrogens with one attached hydrogen (secondary N) is 1. The Morgan fingerprint density at radius 3 is 2.93 bits per heavy atom.